The molecule has 0 saturated carbocycles. The number of carbonyl (C=O) groups excluding carboxylic acids is 1. The van der Waals surface area contributed by atoms with E-state index in [-0.39, 0.29) is 6.03 Å². The molecule has 1 aromatic heterocycles. The minimum Gasteiger partial charge on any atom is -0.381 e. The van der Waals surface area contributed by atoms with E-state index in [1.807, 2.05) is 53.4 Å². The molecule has 0 fully saturated rings. The number of rotatable bonds is 9. The van der Waals surface area contributed by atoms with Gasteiger partial charge in [0.1, 0.15) is 0 Å². The molecule has 0 saturated heterocycles. The number of anilines is 1. The van der Waals surface area contributed by atoms with Crippen molar-refractivity contribution in [2.24, 2.45) is 0 Å². The van der Waals surface area contributed by atoms with E-state index in [0.717, 1.165) is 37.2 Å². The number of hydrogen-bond donors (Lipinski definition) is 2. The molecule has 0 radical (unpaired) electrons. The van der Waals surface area contributed by atoms with Gasteiger partial charge in [-0.2, -0.15) is 0 Å². The van der Waals surface area contributed by atoms with Gasteiger partial charge in [-0.1, -0.05) is 13.3 Å². The van der Waals surface area contributed by atoms with Crippen molar-refractivity contribution in [3.05, 3.63) is 48.8 Å². The lowest BCUT2D eigenvalue weighted by Crippen LogP contribution is -2.30. The topological polar surface area (TPSA) is 55.3 Å². The Labute approximate surface area is 137 Å². The van der Waals surface area contributed by atoms with Crippen LogP contribution < -0.4 is 10.6 Å². The normalized spacial score (nSPS) is 10.5. The largest absolute Gasteiger partial charge is 0.381 e. The summed E-state index contributed by atoms with van der Waals surface area (Å²) in [4.78, 5) is 11.8. The lowest BCUT2D eigenvalue weighted by atomic mass is 10.3. The molecule has 124 valence electrons. The summed E-state index contributed by atoms with van der Waals surface area (Å²) in [5.41, 5.74) is 1.84. The van der Waals surface area contributed by atoms with Crippen molar-refractivity contribution in [1.82, 2.24) is 9.88 Å². The molecule has 0 bridgehead atoms. The molecule has 5 nitrogen and oxygen atoms in total. The number of amides is 2. The Balaban J connectivity index is 1.65. The number of aromatic nitrogens is 1. The van der Waals surface area contributed by atoms with Gasteiger partial charge in [-0.25, -0.2) is 4.79 Å². The van der Waals surface area contributed by atoms with Crippen LogP contribution >= 0.6 is 0 Å². The second-order valence-corrected chi connectivity index (χ2v) is 5.34. The van der Waals surface area contributed by atoms with E-state index in [9.17, 15) is 4.79 Å². The predicted molar refractivity (Wildman–Crippen MR) is 93.1 cm³/mol. The maximum absolute atomic E-state index is 11.8. The van der Waals surface area contributed by atoms with Crippen LogP contribution in [-0.2, 0) is 4.74 Å². The van der Waals surface area contributed by atoms with Crippen molar-refractivity contribution in [3.63, 3.8) is 0 Å². The summed E-state index contributed by atoms with van der Waals surface area (Å²) in [7, 11) is 0. The Kier molecular flexibility index (Phi) is 7.20. The van der Waals surface area contributed by atoms with E-state index in [2.05, 4.69) is 17.6 Å². The molecule has 1 heterocycles. The maximum atomic E-state index is 11.8. The molecule has 0 unspecified atom stereocenters. The van der Waals surface area contributed by atoms with Gasteiger partial charge < -0.3 is 19.9 Å². The van der Waals surface area contributed by atoms with Crippen LogP contribution in [0.25, 0.3) is 5.69 Å². The molecule has 2 rings (SSSR count). The third-order valence-electron chi connectivity index (χ3n) is 3.42. The second-order valence-electron chi connectivity index (χ2n) is 5.34. The van der Waals surface area contributed by atoms with Gasteiger partial charge in [0.05, 0.1) is 0 Å². The first-order valence-electron chi connectivity index (χ1n) is 8.15. The van der Waals surface area contributed by atoms with Crippen LogP contribution in [0.1, 0.15) is 26.2 Å². The number of hydrogen-bond acceptors (Lipinski definition) is 2. The van der Waals surface area contributed by atoms with Crippen LogP contribution in [-0.4, -0.2) is 30.4 Å². The van der Waals surface area contributed by atoms with Crippen LogP contribution in [0, 0.1) is 0 Å². The zero-order valence-electron chi connectivity index (χ0n) is 13.6. The molecule has 0 aliphatic carbocycles. The molecule has 0 atom stereocenters. The summed E-state index contributed by atoms with van der Waals surface area (Å²) in [5.74, 6) is 0. The Hall–Kier alpha value is -2.27. The molecule has 0 spiro atoms. The molecule has 2 N–H and O–H groups in total. The lowest BCUT2D eigenvalue weighted by Gasteiger charge is -2.09. The second kappa shape index (κ2) is 9.69. The molecule has 0 aliphatic rings. The maximum Gasteiger partial charge on any atom is 0.319 e. The lowest BCUT2D eigenvalue weighted by molar-refractivity contribution is 0.129. The Morgan fingerprint density at radius 2 is 1.78 bits per heavy atom. The number of benzene rings is 1. The van der Waals surface area contributed by atoms with Crippen LogP contribution in [0.5, 0.6) is 0 Å². The first kappa shape index (κ1) is 17.1. The summed E-state index contributed by atoms with van der Waals surface area (Å²) >= 11 is 0. The van der Waals surface area contributed by atoms with Crippen molar-refractivity contribution in [2.75, 3.05) is 25.1 Å². The van der Waals surface area contributed by atoms with Gasteiger partial charge in [0, 0.05) is 43.5 Å². The monoisotopic (exact) mass is 315 g/mol. The van der Waals surface area contributed by atoms with E-state index < -0.39 is 0 Å². The van der Waals surface area contributed by atoms with Gasteiger partial charge in [0.25, 0.3) is 0 Å². The highest BCUT2D eigenvalue weighted by atomic mass is 16.5. The smallest absolute Gasteiger partial charge is 0.319 e. The molecular formula is C18H25N3O2. The highest BCUT2D eigenvalue weighted by Crippen LogP contribution is 2.13. The van der Waals surface area contributed by atoms with Crippen LogP contribution in [0.4, 0.5) is 10.5 Å². The summed E-state index contributed by atoms with van der Waals surface area (Å²) in [6, 6.07) is 11.5. The quantitative estimate of drug-likeness (QED) is 0.691. The molecule has 23 heavy (non-hydrogen) atoms. The number of unbranched alkanes of at least 4 members (excludes halogenated alkanes) is 1. The average molecular weight is 315 g/mol. The third kappa shape index (κ3) is 6.16. The van der Waals surface area contributed by atoms with Crippen molar-refractivity contribution in [2.45, 2.75) is 26.2 Å². The number of nitrogens with zero attached hydrogens (tertiary/aromatic N) is 1. The summed E-state index contributed by atoms with van der Waals surface area (Å²) in [5, 5.41) is 5.65. The van der Waals surface area contributed by atoms with Gasteiger partial charge in [0.2, 0.25) is 0 Å². The fourth-order valence-electron chi connectivity index (χ4n) is 2.12. The van der Waals surface area contributed by atoms with Crippen molar-refractivity contribution in [3.8, 4) is 5.69 Å². The highest BCUT2D eigenvalue weighted by Gasteiger charge is 2.01. The highest BCUT2D eigenvalue weighted by molar-refractivity contribution is 5.89. The van der Waals surface area contributed by atoms with Crippen molar-refractivity contribution < 1.29 is 9.53 Å². The van der Waals surface area contributed by atoms with Crippen LogP contribution in [0.2, 0.25) is 0 Å². The number of nitrogens with one attached hydrogen (secondary N) is 2. The molecule has 1 aromatic carbocycles. The molecule has 2 amide bonds. The molecule has 2 aromatic rings. The molecule has 0 aliphatic heterocycles. The number of ether oxygens (including phenoxy) is 1. The minimum absolute atomic E-state index is 0.188. The first-order valence-corrected chi connectivity index (χ1v) is 8.15. The van der Waals surface area contributed by atoms with Gasteiger partial charge in [-0.3, -0.25) is 0 Å². The Morgan fingerprint density at radius 1 is 1.09 bits per heavy atom. The number of urea groups is 1. The average Bonchev–Trinajstić information content (AvgIpc) is 3.09. The van der Waals surface area contributed by atoms with Crippen molar-refractivity contribution >= 4 is 11.7 Å². The van der Waals surface area contributed by atoms with E-state index >= 15 is 0 Å². The zero-order valence-corrected chi connectivity index (χ0v) is 13.6. The standard InChI is InChI=1S/C18H25N3O2/c1-2-3-14-23-15-6-11-19-18(22)20-16-7-9-17(10-8-16)21-12-4-5-13-21/h4-5,7-10,12-13H,2-3,6,11,14-15H2,1H3,(H2,19,20,22). The van der Waals surface area contributed by atoms with E-state index in [0.29, 0.717) is 13.2 Å². The summed E-state index contributed by atoms with van der Waals surface area (Å²) in [6.45, 7) is 4.24. The predicted octanol–water partition coefficient (Wildman–Crippen LogP) is 3.81. The van der Waals surface area contributed by atoms with Gasteiger partial charge in [-0.05, 0) is 49.2 Å². The SMILES string of the molecule is CCCCOCCCNC(=O)Nc1ccc(-n2cccc2)cc1. The Morgan fingerprint density at radius 3 is 2.48 bits per heavy atom. The molecule has 5 heteroatoms. The van der Waals surface area contributed by atoms with Gasteiger partial charge in [0.15, 0.2) is 0 Å². The molecular weight excluding hydrogens is 290 g/mol. The number of carbonyl (C=O) groups is 1. The fraction of sp³-hybridized carbons (Fsp3) is 0.389. The fourth-order valence-corrected chi connectivity index (χ4v) is 2.12. The van der Waals surface area contributed by atoms with Gasteiger partial charge >= 0.3 is 6.03 Å². The van der Waals surface area contributed by atoms with Crippen molar-refractivity contribution in [1.29, 1.82) is 0 Å². The Bertz CT molecular complexity index is 564. The summed E-state index contributed by atoms with van der Waals surface area (Å²) in [6.07, 6.45) is 7.02. The van der Waals surface area contributed by atoms with E-state index in [1.54, 1.807) is 0 Å². The van der Waals surface area contributed by atoms with E-state index in [4.69, 9.17) is 4.74 Å². The van der Waals surface area contributed by atoms with Crippen LogP contribution in [0.15, 0.2) is 48.8 Å². The van der Waals surface area contributed by atoms with Crippen LogP contribution in [0.3, 0.4) is 0 Å². The first-order chi connectivity index (χ1) is 11.3. The zero-order chi connectivity index (χ0) is 16.3. The van der Waals surface area contributed by atoms with E-state index in [1.165, 1.54) is 0 Å². The van der Waals surface area contributed by atoms with Gasteiger partial charge in [-0.15, -0.1) is 0 Å². The third-order valence-corrected chi connectivity index (χ3v) is 3.42. The summed E-state index contributed by atoms with van der Waals surface area (Å²) < 4.78 is 7.46. The minimum atomic E-state index is -0.188.